The molecule has 0 aliphatic carbocycles. The topological polar surface area (TPSA) is 35.5 Å². The summed E-state index contributed by atoms with van der Waals surface area (Å²) in [7, 11) is 4.09. The van der Waals surface area contributed by atoms with Crippen molar-refractivity contribution in [3.63, 3.8) is 0 Å². The largest absolute Gasteiger partial charge is 0.396 e. The van der Waals surface area contributed by atoms with Crippen LogP contribution in [0.3, 0.4) is 0 Å². The Kier molecular flexibility index (Phi) is 5.63. The van der Waals surface area contributed by atoms with Crippen molar-refractivity contribution in [2.24, 2.45) is 5.92 Å². The van der Waals surface area contributed by atoms with Crippen molar-refractivity contribution in [1.29, 1.82) is 0 Å². The van der Waals surface area contributed by atoms with Gasteiger partial charge in [-0.1, -0.05) is 19.1 Å². The maximum Gasteiger partial charge on any atom is 0.0471 e. The van der Waals surface area contributed by atoms with Crippen LogP contribution < -0.4 is 10.2 Å². The van der Waals surface area contributed by atoms with Gasteiger partial charge in [0.25, 0.3) is 0 Å². The van der Waals surface area contributed by atoms with E-state index in [9.17, 15) is 0 Å². The molecule has 3 atom stereocenters. The number of anilines is 1. The second kappa shape index (κ2) is 6.76. The molecule has 1 aromatic rings. The summed E-state index contributed by atoms with van der Waals surface area (Å²) in [6.45, 7) is 6.55. The number of rotatable bonds is 6. The molecule has 0 saturated heterocycles. The minimum atomic E-state index is 0.223. The van der Waals surface area contributed by atoms with Crippen molar-refractivity contribution in [3.8, 4) is 0 Å². The quantitative estimate of drug-likeness (QED) is 0.814. The number of nitrogens with zero attached hydrogens (tertiary/aromatic N) is 1. The van der Waals surface area contributed by atoms with E-state index >= 15 is 0 Å². The first kappa shape index (κ1) is 15.0. The van der Waals surface area contributed by atoms with Crippen LogP contribution in [-0.4, -0.2) is 31.9 Å². The average Bonchev–Trinajstić information content (AvgIpc) is 2.37. The molecule has 1 aromatic carbocycles. The van der Waals surface area contributed by atoms with Crippen molar-refractivity contribution < 1.29 is 5.11 Å². The number of aliphatic hydroxyl groups is 1. The predicted octanol–water partition coefficient (Wildman–Crippen LogP) is 2.42. The van der Waals surface area contributed by atoms with E-state index in [1.54, 1.807) is 0 Å². The lowest BCUT2D eigenvalue weighted by Crippen LogP contribution is -2.35. The highest BCUT2D eigenvalue weighted by Crippen LogP contribution is 2.18. The molecule has 1 rings (SSSR count). The van der Waals surface area contributed by atoms with Crippen molar-refractivity contribution >= 4 is 5.69 Å². The molecule has 0 saturated carbocycles. The fraction of sp³-hybridized carbons (Fsp3) is 0.600. The Morgan fingerprint density at radius 1 is 1.11 bits per heavy atom. The third-order valence-electron chi connectivity index (χ3n) is 3.56. The number of aliphatic hydroxyl groups excluding tert-OH is 1. The summed E-state index contributed by atoms with van der Waals surface area (Å²) in [6, 6.07) is 9.18. The third kappa shape index (κ3) is 4.00. The molecule has 18 heavy (non-hydrogen) atoms. The van der Waals surface area contributed by atoms with Crippen molar-refractivity contribution in [2.45, 2.75) is 32.9 Å². The van der Waals surface area contributed by atoms with Gasteiger partial charge in [-0.05, 0) is 37.5 Å². The second-order valence-electron chi connectivity index (χ2n) is 5.32. The van der Waals surface area contributed by atoms with Gasteiger partial charge in [0.05, 0.1) is 0 Å². The third-order valence-corrected chi connectivity index (χ3v) is 3.56. The summed E-state index contributed by atoms with van der Waals surface area (Å²) in [5, 5.41) is 12.7. The highest BCUT2D eigenvalue weighted by molar-refractivity contribution is 5.46. The van der Waals surface area contributed by atoms with E-state index in [-0.39, 0.29) is 12.5 Å². The Morgan fingerprint density at radius 2 is 1.67 bits per heavy atom. The molecule has 102 valence electrons. The molecule has 3 unspecified atom stereocenters. The van der Waals surface area contributed by atoms with Crippen LogP contribution in [0.4, 0.5) is 5.69 Å². The van der Waals surface area contributed by atoms with E-state index in [1.165, 1.54) is 11.3 Å². The second-order valence-corrected chi connectivity index (χ2v) is 5.32. The number of benzene rings is 1. The molecule has 0 bridgehead atoms. The lowest BCUT2D eigenvalue weighted by molar-refractivity contribution is 0.202. The Labute approximate surface area is 111 Å². The van der Waals surface area contributed by atoms with Gasteiger partial charge < -0.3 is 15.3 Å². The van der Waals surface area contributed by atoms with E-state index in [4.69, 9.17) is 5.11 Å². The van der Waals surface area contributed by atoms with Crippen molar-refractivity contribution in [3.05, 3.63) is 29.8 Å². The molecule has 0 amide bonds. The van der Waals surface area contributed by atoms with E-state index in [0.717, 1.165) is 0 Å². The van der Waals surface area contributed by atoms with E-state index in [2.05, 4.69) is 55.3 Å². The first-order chi connectivity index (χ1) is 8.45. The van der Waals surface area contributed by atoms with Crippen LogP contribution in [0.15, 0.2) is 24.3 Å². The average molecular weight is 250 g/mol. The Balaban J connectivity index is 2.64. The van der Waals surface area contributed by atoms with E-state index < -0.39 is 0 Å². The van der Waals surface area contributed by atoms with Crippen molar-refractivity contribution in [2.75, 3.05) is 25.6 Å². The van der Waals surface area contributed by atoms with Crippen LogP contribution >= 0.6 is 0 Å². The fourth-order valence-corrected chi connectivity index (χ4v) is 1.87. The summed E-state index contributed by atoms with van der Waals surface area (Å²) >= 11 is 0. The van der Waals surface area contributed by atoms with Crippen LogP contribution in [0.2, 0.25) is 0 Å². The molecule has 0 aliphatic rings. The molecule has 2 N–H and O–H groups in total. The molecule has 3 heteroatoms. The van der Waals surface area contributed by atoms with Crippen LogP contribution in [0.5, 0.6) is 0 Å². The lowest BCUT2D eigenvalue weighted by Gasteiger charge is -2.24. The SMILES string of the molecule is CC(NC(C)C(C)CO)c1ccc(N(C)C)cc1. The summed E-state index contributed by atoms with van der Waals surface area (Å²) in [5.74, 6) is 0.272. The normalized spacial score (nSPS) is 16.1. The number of hydrogen-bond acceptors (Lipinski definition) is 3. The fourth-order valence-electron chi connectivity index (χ4n) is 1.87. The predicted molar refractivity (Wildman–Crippen MR) is 78.0 cm³/mol. The first-order valence-corrected chi connectivity index (χ1v) is 6.60. The van der Waals surface area contributed by atoms with Gasteiger partial charge in [0, 0.05) is 38.5 Å². The maximum atomic E-state index is 9.14. The van der Waals surface area contributed by atoms with Gasteiger partial charge in [-0.25, -0.2) is 0 Å². The monoisotopic (exact) mass is 250 g/mol. The Morgan fingerprint density at radius 3 is 2.11 bits per heavy atom. The molecule has 0 aromatic heterocycles. The zero-order chi connectivity index (χ0) is 13.7. The van der Waals surface area contributed by atoms with Gasteiger partial charge in [-0.15, -0.1) is 0 Å². The molecule has 0 fully saturated rings. The summed E-state index contributed by atoms with van der Waals surface area (Å²) in [5.41, 5.74) is 2.49. The molecule has 3 nitrogen and oxygen atoms in total. The van der Waals surface area contributed by atoms with Gasteiger partial charge >= 0.3 is 0 Å². The molecule has 0 spiro atoms. The van der Waals surface area contributed by atoms with E-state index in [1.807, 2.05) is 14.1 Å². The molecule has 0 aliphatic heterocycles. The van der Waals surface area contributed by atoms with Crippen molar-refractivity contribution in [1.82, 2.24) is 5.32 Å². The molecule has 0 heterocycles. The standard InChI is InChI=1S/C15H26N2O/c1-11(10-18)12(2)16-13(3)14-6-8-15(9-7-14)17(4)5/h6-9,11-13,16,18H,10H2,1-5H3. The highest BCUT2D eigenvalue weighted by Gasteiger charge is 2.14. The smallest absolute Gasteiger partial charge is 0.0471 e. The van der Waals surface area contributed by atoms with Gasteiger partial charge in [0.2, 0.25) is 0 Å². The maximum absolute atomic E-state index is 9.14. The van der Waals surface area contributed by atoms with E-state index in [0.29, 0.717) is 12.1 Å². The summed E-state index contributed by atoms with van der Waals surface area (Å²) < 4.78 is 0. The Hall–Kier alpha value is -1.06. The van der Waals surface area contributed by atoms with Gasteiger partial charge in [-0.3, -0.25) is 0 Å². The van der Waals surface area contributed by atoms with Gasteiger partial charge in [-0.2, -0.15) is 0 Å². The first-order valence-electron chi connectivity index (χ1n) is 6.60. The minimum Gasteiger partial charge on any atom is -0.396 e. The molecular weight excluding hydrogens is 224 g/mol. The molecular formula is C15H26N2O. The van der Waals surface area contributed by atoms with Crippen LogP contribution in [0.1, 0.15) is 32.4 Å². The highest BCUT2D eigenvalue weighted by atomic mass is 16.3. The summed E-state index contributed by atoms with van der Waals surface area (Å²) in [6.07, 6.45) is 0. The van der Waals surface area contributed by atoms with Crippen LogP contribution in [0.25, 0.3) is 0 Å². The zero-order valence-electron chi connectivity index (χ0n) is 12.1. The van der Waals surface area contributed by atoms with Gasteiger partial charge in [0.15, 0.2) is 0 Å². The van der Waals surface area contributed by atoms with Crippen LogP contribution in [-0.2, 0) is 0 Å². The Bertz CT molecular complexity index is 348. The summed E-state index contributed by atoms with van der Waals surface area (Å²) in [4.78, 5) is 2.10. The lowest BCUT2D eigenvalue weighted by atomic mass is 10.0. The number of hydrogen-bond donors (Lipinski definition) is 2. The number of nitrogens with one attached hydrogen (secondary N) is 1. The minimum absolute atomic E-state index is 0.223. The van der Waals surface area contributed by atoms with Gasteiger partial charge in [0.1, 0.15) is 0 Å². The zero-order valence-corrected chi connectivity index (χ0v) is 12.1. The van der Waals surface area contributed by atoms with Crippen LogP contribution in [0, 0.1) is 5.92 Å². The molecule has 0 radical (unpaired) electrons.